The number of piperidine rings is 1. The number of benzene rings is 1. The average Bonchev–Trinajstić information content (AvgIpc) is 2.68. The minimum atomic E-state index is -2.27. The topological polar surface area (TPSA) is 127 Å². The van der Waals surface area contributed by atoms with Crippen molar-refractivity contribution in [3.8, 4) is 0 Å². The fraction of sp³-hybridized carbons (Fsp3) is 0.619. The molecule has 0 aromatic heterocycles. The van der Waals surface area contributed by atoms with Crippen molar-refractivity contribution >= 4 is 11.9 Å². The molecule has 28 heavy (non-hydrogen) atoms. The first-order chi connectivity index (χ1) is 13.3. The van der Waals surface area contributed by atoms with Crippen LogP contribution in [0.3, 0.4) is 0 Å². The van der Waals surface area contributed by atoms with Gasteiger partial charge in [-0.05, 0) is 61.8 Å². The van der Waals surface area contributed by atoms with Gasteiger partial charge in [0.25, 0.3) is 0 Å². The van der Waals surface area contributed by atoms with Crippen LogP contribution >= 0.6 is 0 Å². The minimum absolute atomic E-state index is 0.535. The zero-order valence-electron chi connectivity index (χ0n) is 16.1. The predicted molar refractivity (Wildman–Crippen MR) is 102 cm³/mol. The molecule has 0 spiro atoms. The summed E-state index contributed by atoms with van der Waals surface area (Å²) in [6, 6.07) is 7.79. The number of hydrogen-bond donors (Lipinski definition) is 5. The largest absolute Gasteiger partial charge is 0.479 e. The van der Waals surface area contributed by atoms with E-state index in [4.69, 9.17) is 20.4 Å². The van der Waals surface area contributed by atoms with Crippen LogP contribution in [0.1, 0.15) is 48.8 Å². The summed E-state index contributed by atoms with van der Waals surface area (Å²) in [5.74, 6) is -2.63. The van der Waals surface area contributed by atoms with Gasteiger partial charge >= 0.3 is 11.9 Å². The molecule has 1 heterocycles. The molecule has 5 N–H and O–H groups in total. The molecule has 0 radical (unpaired) electrons. The second-order valence-corrected chi connectivity index (χ2v) is 8.19. The Morgan fingerprint density at radius 2 is 1.79 bits per heavy atom. The van der Waals surface area contributed by atoms with Crippen molar-refractivity contribution in [2.75, 3.05) is 6.54 Å². The van der Waals surface area contributed by atoms with Gasteiger partial charge < -0.3 is 25.7 Å². The van der Waals surface area contributed by atoms with E-state index in [1.165, 1.54) is 50.6 Å². The number of aliphatic hydroxyl groups excluding tert-OH is 2. The second-order valence-electron chi connectivity index (χ2n) is 8.19. The SMILES string of the molecule is Cc1cccc2c1C[C@H]1NCC[C@@]23CCCC[C@@H]13.O=C(O)C(O)C(O)C(=O)O. The molecule has 1 aliphatic heterocycles. The van der Waals surface area contributed by atoms with Crippen LogP contribution in [0, 0.1) is 12.8 Å². The maximum Gasteiger partial charge on any atom is 0.335 e. The maximum absolute atomic E-state index is 9.77. The van der Waals surface area contributed by atoms with E-state index in [2.05, 4.69) is 30.4 Å². The Hall–Kier alpha value is -1.96. The highest BCUT2D eigenvalue weighted by molar-refractivity contribution is 5.83. The highest BCUT2D eigenvalue weighted by Gasteiger charge is 2.51. The molecular formula is C21H29NO6. The molecule has 1 aromatic rings. The Bertz CT molecular complexity index is 728. The van der Waals surface area contributed by atoms with E-state index in [-0.39, 0.29) is 0 Å². The van der Waals surface area contributed by atoms with Gasteiger partial charge in [0.1, 0.15) is 0 Å². The third-order valence-corrected chi connectivity index (χ3v) is 6.74. The van der Waals surface area contributed by atoms with Gasteiger partial charge in [-0.15, -0.1) is 0 Å². The first kappa shape index (κ1) is 20.8. The summed E-state index contributed by atoms with van der Waals surface area (Å²) in [6.45, 7) is 3.53. The van der Waals surface area contributed by atoms with Crippen molar-refractivity contribution in [3.63, 3.8) is 0 Å². The molecule has 2 fully saturated rings. The Balaban J connectivity index is 0.000000195. The van der Waals surface area contributed by atoms with Gasteiger partial charge in [0.15, 0.2) is 12.2 Å². The normalized spacial score (nSPS) is 30.0. The number of fused-ring (bicyclic) bond motifs is 1. The van der Waals surface area contributed by atoms with Crippen LogP contribution in [0.15, 0.2) is 18.2 Å². The quantitative estimate of drug-likeness (QED) is 0.524. The number of aryl methyl sites for hydroxylation is 1. The van der Waals surface area contributed by atoms with E-state index < -0.39 is 24.1 Å². The number of hydrogen-bond acceptors (Lipinski definition) is 5. The number of carboxylic acid groups (broad SMARTS) is 2. The molecule has 7 heteroatoms. The number of rotatable bonds is 3. The van der Waals surface area contributed by atoms with Crippen LogP contribution in [0.25, 0.3) is 0 Å². The lowest BCUT2D eigenvalue weighted by molar-refractivity contribution is -0.165. The molecule has 5 atom stereocenters. The molecule has 1 saturated heterocycles. The van der Waals surface area contributed by atoms with E-state index in [1.807, 2.05) is 0 Å². The molecule has 4 rings (SSSR count). The lowest BCUT2D eigenvalue weighted by atomic mass is 9.52. The third kappa shape index (κ3) is 3.66. The molecule has 3 aliphatic rings. The monoisotopic (exact) mass is 391 g/mol. The molecule has 0 amide bonds. The van der Waals surface area contributed by atoms with Gasteiger partial charge in [-0.25, -0.2) is 9.59 Å². The van der Waals surface area contributed by atoms with Crippen LogP contribution < -0.4 is 5.32 Å². The summed E-state index contributed by atoms with van der Waals surface area (Å²) in [7, 11) is 0. The van der Waals surface area contributed by atoms with Crippen LogP contribution in [0.4, 0.5) is 0 Å². The highest BCUT2D eigenvalue weighted by atomic mass is 16.4. The molecule has 7 nitrogen and oxygen atoms in total. The number of aliphatic hydroxyl groups is 2. The fourth-order valence-electron chi connectivity index (χ4n) is 5.40. The van der Waals surface area contributed by atoms with Crippen LogP contribution in [-0.2, 0) is 21.4 Å². The average molecular weight is 391 g/mol. The Morgan fingerprint density at radius 3 is 2.43 bits per heavy atom. The minimum Gasteiger partial charge on any atom is -0.479 e. The third-order valence-electron chi connectivity index (χ3n) is 6.74. The number of carboxylic acids is 2. The molecule has 154 valence electrons. The highest BCUT2D eigenvalue weighted by Crippen LogP contribution is 2.54. The van der Waals surface area contributed by atoms with E-state index in [1.54, 1.807) is 11.1 Å². The first-order valence-corrected chi connectivity index (χ1v) is 9.92. The summed E-state index contributed by atoms with van der Waals surface area (Å²) < 4.78 is 0. The van der Waals surface area contributed by atoms with Gasteiger partial charge in [0.05, 0.1) is 0 Å². The van der Waals surface area contributed by atoms with Crippen LogP contribution in [-0.4, -0.2) is 57.2 Å². The van der Waals surface area contributed by atoms with E-state index in [0.717, 1.165) is 12.0 Å². The number of aliphatic carboxylic acids is 2. The summed E-state index contributed by atoms with van der Waals surface area (Å²) in [6.07, 6.45) is 3.88. The van der Waals surface area contributed by atoms with Crippen molar-refractivity contribution < 1.29 is 30.0 Å². The van der Waals surface area contributed by atoms with Crippen molar-refractivity contribution in [2.24, 2.45) is 5.92 Å². The zero-order valence-corrected chi connectivity index (χ0v) is 16.1. The van der Waals surface area contributed by atoms with E-state index >= 15 is 0 Å². The smallest absolute Gasteiger partial charge is 0.335 e. The van der Waals surface area contributed by atoms with Gasteiger partial charge in [-0.1, -0.05) is 31.0 Å². The Labute approximate surface area is 164 Å². The second kappa shape index (κ2) is 8.19. The van der Waals surface area contributed by atoms with Crippen LogP contribution in [0.5, 0.6) is 0 Å². The first-order valence-electron chi connectivity index (χ1n) is 9.92. The molecule has 1 aromatic carbocycles. The Morgan fingerprint density at radius 1 is 1.11 bits per heavy atom. The lowest BCUT2D eigenvalue weighted by Crippen LogP contribution is -2.59. The van der Waals surface area contributed by atoms with Crippen LogP contribution in [0.2, 0.25) is 0 Å². The molecule has 2 aliphatic carbocycles. The standard InChI is InChI=1S/C17H23N.C4H6O6/c1-12-5-4-7-14-13(12)11-16-15-6-2-3-8-17(14,15)9-10-18-16;5-1(3(7)8)2(6)4(9)10/h4-5,7,15-16,18H,2-3,6,8-11H2,1H3;1-2,5-6H,(H,7,8)(H,9,10)/t15-,16+,17-;/m0./s1. The molecule has 2 unspecified atom stereocenters. The zero-order chi connectivity index (χ0) is 20.5. The fourth-order valence-corrected chi connectivity index (χ4v) is 5.40. The lowest BCUT2D eigenvalue weighted by Gasteiger charge is -2.56. The maximum atomic E-state index is 9.77. The van der Waals surface area contributed by atoms with Gasteiger partial charge in [0, 0.05) is 11.5 Å². The van der Waals surface area contributed by atoms with Crippen molar-refractivity contribution in [1.82, 2.24) is 5.32 Å². The summed E-state index contributed by atoms with van der Waals surface area (Å²) in [4.78, 5) is 19.5. The van der Waals surface area contributed by atoms with Gasteiger partial charge in [-0.2, -0.15) is 0 Å². The van der Waals surface area contributed by atoms with E-state index in [9.17, 15) is 9.59 Å². The summed E-state index contributed by atoms with van der Waals surface area (Å²) in [5, 5.41) is 36.3. The molecule has 2 bridgehead atoms. The van der Waals surface area contributed by atoms with Gasteiger partial charge in [0.2, 0.25) is 0 Å². The predicted octanol–water partition coefficient (Wildman–Crippen LogP) is 1.22. The molecule has 1 saturated carbocycles. The molecular weight excluding hydrogens is 362 g/mol. The van der Waals surface area contributed by atoms with Crippen molar-refractivity contribution in [2.45, 2.75) is 69.1 Å². The Kier molecular flexibility index (Phi) is 6.07. The number of carbonyl (C=O) groups is 2. The van der Waals surface area contributed by atoms with Gasteiger partial charge in [-0.3, -0.25) is 0 Å². The number of nitrogens with one attached hydrogen (secondary N) is 1. The van der Waals surface area contributed by atoms with Crippen molar-refractivity contribution in [1.29, 1.82) is 0 Å². The van der Waals surface area contributed by atoms with Crippen molar-refractivity contribution in [3.05, 3.63) is 34.9 Å². The summed E-state index contributed by atoms with van der Waals surface area (Å²) >= 11 is 0. The summed E-state index contributed by atoms with van der Waals surface area (Å²) in [5.41, 5.74) is 5.45. The van der Waals surface area contributed by atoms with E-state index in [0.29, 0.717) is 5.41 Å².